The number of ketones is 1. The molecule has 144 valence electrons. The van der Waals surface area contributed by atoms with E-state index in [1.165, 1.54) is 16.3 Å². The predicted octanol–water partition coefficient (Wildman–Crippen LogP) is 5.67. The van der Waals surface area contributed by atoms with Crippen LogP contribution >= 0.6 is 35.0 Å². The SMILES string of the molecule is O=C(CSc1nc2ccccc2c(=O)n1-c1ccccc1Cl)c1ccc(Cl)cc1. The molecule has 0 atom stereocenters. The Balaban J connectivity index is 1.77. The van der Waals surface area contributed by atoms with Crippen molar-refractivity contribution in [3.8, 4) is 5.69 Å². The number of carbonyl (C=O) groups is 1. The molecule has 4 rings (SSSR count). The fourth-order valence-corrected chi connectivity index (χ4v) is 4.15. The van der Waals surface area contributed by atoms with Gasteiger partial charge in [-0.05, 0) is 48.5 Å². The summed E-state index contributed by atoms with van der Waals surface area (Å²) >= 11 is 13.4. The van der Waals surface area contributed by atoms with Crippen LogP contribution in [0, 0.1) is 0 Å². The summed E-state index contributed by atoms with van der Waals surface area (Å²) in [5.74, 6) is 0.0384. The lowest BCUT2D eigenvalue weighted by atomic mass is 10.1. The van der Waals surface area contributed by atoms with Gasteiger partial charge in [0.15, 0.2) is 10.9 Å². The summed E-state index contributed by atoms with van der Waals surface area (Å²) in [6, 6.07) is 20.9. The van der Waals surface area contributed by atoms with Gasteiger partial charge < -0.3 is 0 Å². The molecule has 3 aromatic carbocycles. The normalized spacial score (nSPS) is 11.0. The van der Waals surface area contributed by atoms with Crippen molar-refractivity contribution in [3.63, 3.8) is 0 Å². The van der Waals surface area contributed by atoms with Crippen LogP contribution in [0.2, 0.25) is 10.0 Å². The molecule has 0 N–H and O–H groups in total. The molecular weight excluding hydrogens is 427 g/mol. The number of rotatable bonds is 5. The van der Waals surface area contributed by atoms with E-state index in [0.717, 1.165) is 0 Å². The Kier molecular flexibility index (Phi) is 5.72. The maximum atomic E-state index is 13.2. The Hall–Kier alpha value is -2.60. The van der Waals surface area contributed by atoms with E-state index in [4.69, 9.17) is 23.2 Å². The molecule has 0 aliphatic heterocycles. The number of carbonyl (C=O) groups excluding carboxylic acids is 1. The quantitative estimate of drug-likeness (QED) is 0.228. The zero-order valence-corrected chi connectivity index (χ0v) is 17.3. The van der Waals surface area contributed by atoms with E-state index in [1.807, 2.05) is 6.07 Å². The van der Waals surface area contributed by atoms with Crippen LogP contribution in [0.3, 0.4) is 0 Å². The minimum atomic E-state index is -0.231. The fourth-order valence-electron chi connectivity index (χ4n) is 2.90. The van der Waals surface area contributed by atoms with E-state index in [9.17, 15) is 9.59 Å². The van der Waals surface area contributed by atoms with Gasteiger partial charge in [-0.15, -0.1) is 0 Å². The summed E-state index contributed by atoms with van der Waals surface area (Å²) in [6.45, 7) is 0. The average molecular weight is 441 g/mol. The minimum absolute atomic E-state index is 0.0835. The van der Waals surface area contributed by atoms with E-state index < -0.39 is 0 Å². The van der Waals surface area contributed by atoms with E-state index in [0.29, 0.717) is 37.4 Å². The van der Waals surface area contributed by atoms with Crippen LogP contribution in [0.5, 0.6) is 0 Å². The first-order valence-electron chi connectivity index (χ1n) is 8.73. The standard InChI is InChI=1S/C22H14Cl2N2O2S/c23-15-11-9-14(10-12-15)20(27)13-29-22-25-18-7-3-1-5-16(18)21(28)26(22)19-8-4-2-6-17(19)24/h1-12H,13H2. The molecule has 4 nitrogen and oxygen atoms in total. The van der Waals surface area contributed by atoms with Crippen LogP contribution < -0.4 is 5.56 Å². The molecule has 0 amide bonds. The minimum Gasteiger partial charge on any atom is -0.293 e. The first-order chi connectivity index (χ1) is 14.0. The lowest BCUT2D eigenvalue weighted by Crippen LogP contribution is -2.22. The second-order valence-corrected chi connectivity index (χ2v) is 8.01. The summed E-state index contributed by atoms with van der Waals surface area (Å²) in [7, 11) is 0. The fraction of sp³-hybridized carbons (Fsp3) is 0.0455. The van der Waals surface area contributed by atoms with Gasteiger partial charge in [0.05, 0.1) is 27.4 Å². The highest BCUT2D eigenvalue weighted by Gasteiger charge is 2.17. The highest BCUT2D eigenvalue weighted by molar-refractivity contribution is 7.99. The second-order valence-electron chi connectivity index (χ2n) is 6.22. The number of benzene rings is 3. The smallest absolute Gasteiger partial charge is 0.266 e. The Labute approximate surface area is 181 Å². The summed E-state index contributed by atoms with van der Waals surface area (Å²) in [5, 5.41) is 1.89. The van der Waals surface area contributed by atoms with Crippen molar-refractivity contribution >= 4 is 51.6 Å². The van der Waals surface area contributed by atoms with Crippen molar-refractivity contribution in [1.82, 2.24) is 9.55 Å². The van der Waals surface area contributed by atoms with Gasteiger partial charge in [0, 0.05) is 10.6 Å². The van der Waals surface area contributed by atoms with E-state index >= 15 is 0 Å². The Morgan fingerprint density at radius 3 is 2.38 bits per heavy atom. The number of nitrogens with zero attached hydrogens (tertiary/aromatic N) is 2. The highest BCUT2D eigenvalue weighted by Crippen LogP contribution is 2.26. The van der Waals surface area contributed by atoms with Crippen LogP contribution in [0.4, 0.5) is 0 Å². The molecule has 1 aromatic heterocycles. The zero-order chi connectivity index (χ0) is 20.4. The van der Waals surface area contributed by atoms with Crippen molar-refractivity contribution in [1.29, 1.82) is 0 Å². The average Bonchev–Trinajstić information content (AvgIpc) is 2.73. The summed E-state index contributed by atoms with van der Waals surface area (Å²) in [5.41, 5.74) is 1.42. The van der Waals surface area contributed by atoms with Gasteiger partial charge in [0.2, 0.25) is 0 Å². The molecule has 0 aliphatic carbocycles. The number of Topliss-reactive ketones (excluding diaryl/α,β-unsaturated/α-hetero) is 1. The van der Waals surface area contributed by atoms with Gasteiger partial charge in [0.1, 0.15) is 0 Å². The zero-order valence-electron chi connectivity index (χ0n) is 15.0. The lowest BCUT2D eigenvalue weighted by molar-refractivity contribution is 0.102. The van der Waals surface area contributed by atoms with Crippen LogP contribution in [0.15, 0.2) is 82.7 Å². The van der Waals surface area contributed by atoms with Gasteiger partial charge in [-0.25, -0.2) is 4.98 Å². The molecule has 4 aromatic rings. The third kappa shape index (κ3) is 4.08. The number of para-hydroxylation sites is 2. The number of hydrogen-bond acceptors (Lipinski definition) is 4. The van der Waals surface area contributed by atoms with Crippen LogP contribution in [0.1, 0.15) is 10.4 Å². The monoisotopic (exact) mass is 440 g/mol. The number of hydrogen-bond donors (Lipinski definition) is 0. The highest BCUT2D eigenvalue weighted by atomic mass is 35.5. The molecule has 7 heteroatoms. The molecule has 0 spiro atoms. The molecule has 29 heavy (non-hydrogen) atoms. The number of thioether (sulfide) groups is 1. The summed E-state index contributed by atoms with van der Waals surface area (Å²) < 4.78 is 1.46. The van der Waals surface area contributed by atoms with E-state index in [2.05, 4.69) is 4.98 Å². The van der Waals surface area contributed by atoms with Gasteiger partial charge in [0.25, 0.3) is 5.56 Å². The Morgan fingerprint density at radius 1 is 0.931 bits per heavy atom. The Morgan fingerprint density at radius 2 is 1.62 bits per heavy atom. The molecule has 0 fully saturated rings. The molecule has 1 heterocycles. The van der Waals surface area contributed by atoms with E-state index in [1.54, 1.807) is 66.7 Å². The summed E-state index contributed by atoms with van der Waals surface area (Å²) in [6.07, 6.45) is 0. The topological polar surface area (TPSA) is 52.0 Å². The molecule has 0 radical (unpaired) electrons. The molecule has 0 unspecified atom stereocenters. The molecule has 0 bridgehead atoms. The van der Waals surface area contributed by atoms with Crippen molar-refractivity contribution in [2.75, 3.05) is 5.75 Å². The van der Waals surface area contributed by atoms with Crippen LogP contribution in [-0.4, -0.2) is 21.1 Å². The van der Waals surface area contributed by atoms with Crippen molar-refractivity contribution in [2.24, 2.45) is 0 Å². The number of halogens is 2. The number of aromatic nitrogens is 2. The second kappa shape index (κ2) is 8.41. The van der Waals surface area contributed by atoms with Crippen molar-refractivity contribution < 1.29 is 4.79 Å². The van der Waals surface area contributed by atoms with E-state index in [-0.39, 0.29) is 17.1 Å². The van der Waals surface area contributed by atoms with Crippen molar-refractivity contribution in [2.45, 2.75) is 5.16 Å². The lowest BCUT2D eigenvalue weighted by Gasteiger charge is -2.14. The molecule has 0 saturated heterocycles. The predicted molar refractivity (Wildman–Crippen MR) is 119 cm³/mol. The van der Waals surface area contributed by atoms with Gasteiger partial charge >= 0.3 is 0 Å². The van der Waals surface area contributed by atoms with Crippen LogP contribution in [-0.2, 0) is 0 Å². The van der Waals surface area contributed by atoms with Gasteiger partial charge in [-0.2, -0.15) is 0 Å². The molecule has 0 aliphatic rings. The third-order valence-corrected chi connectivity index (χ3v) is 5.85. The van der Waals surface area contributed by atoms with Gasteiger partial charge in [-0.1, -0.05) is 59.2 Å². The maximum Gasteiger partial charge on any atom is 0.266 e. The first kappa shape index (κ1) is 19.7. The molecular formula is C22H14Cl2N2O2S. The Bertz CT molecular complexity index is 1270. The largest absolute Gasteiger partial charge is 0.293 e. The van der Waals surface area contributed by atoms with Gasteiger partial charge in [-0.3, -0.25) is 14.2 Å². The molecule has 0 saturated carbocycles. The third-order valence-electron chi connectivity index (χ3n) is 4.34. The number of fused-ring (bicyclic) bond motifs is 1. The van der Waals surface area contributed by atoms with Crippen molar-refractivity contribution in [3.05, 3.63) is 98.8 Å². The van der Waals surface area contributed by atoms with Crippen LogP contribution in [0.25, 0.3) is 16.6 Å². The summed E-state index contributed by atoms with van der Waals surface area (Å²) in [4.78, 5) is 30.4. The first-order valence-corrected chi connectivity index (χ1v) is 10.5. The maximum absolute atomic E-state index is 13.2.